The van der Waals surface area contributed by atoms with E-state index in [1.165, 1.54) is 11.6 Å². The molecule has 2 aromatic heterocycles. The highest BCUT2D eigenvalue weighted by atomic mass is 16.5. The fourth-order valence-electron chi connectivity index (χ4n) is 3.69. The first kappa shape index (κ1) is 19.7. The summed E-state index contributed by atoms with van der Waals surface area (Å²) < 4.78 is 9.72. The van der Waals surface area contributed by atoms with Gasteiger partial charge in [0.25, 0.3) is 5.56 Å². The van der Waals surface area contributed by atoms with Gasteiger partial charge >= 0.3 is 5.69 Å². The number of ether oxygens (including phenoxy) is 1. The second-order valence-electron chi connectivity index (χ2n) is 7.30. The van der Waals surface area contributed by atoms with Crippen molar-refractivity contribution in [2.24, 2.45) is 14.1 Å². The maximum absolute atomic E-state index is 12.7. The van der Waals surface area contributed by atoms with Gasteiger partial charge in [0.05, 0.1) is 38.0 Å². The third-order valence-electron chi connectivity index (χ3n) is 4.89. The van der Waals surface area contributed by atoms with Gasteiger partial charge in [-0.2, -0.15) is 0 Å². The summed E-state index contributed by atoms with van der Waals surface area (Å²) in [6.07, 6.45) is -0.885. The standard InChI is InChI=1S/C17H27N5O5/c1-10-5-21(6-11(2)27-10)8-13-18-15-14(22(13)7-12(24)9-23)16(25)20(4)17(26)19(15)3/h10-12,23-24H,5-9H2,1-4H3/t10-,11+,12-/m0/s1. The highest BCUT2D eigenvalue weighted by Gasteiger charge is 2.26. The molecule has 0 aromatic carbocycles. The molecule has 3 rings (SSSR count). The summed E-state index contributed by atoms with van der Waals surface area (Å²) >= 11 is 0. The van der Waals surface area contributed by atoms with Crippen LogP contribution in [0.15, 0.2) is 9.59 Å². The minimum atomic E-state index is -1.04. The minimum absolute atomic E-state index is 0.0191. The minimum Gasteiger partial charge on any atom is -0.394 e. The molecule has 0 bridgehead atoms. The van der Waals surface area contributed by atoms with Crippen LogP contribution in [0.2, 0.25) is 0 Å². The molecule has 1 aliphatic heterocycles. The normalized spacial score (nSPS) is 22.4. The van der Waals surface area contributed by atoms with E-state index in [1.54, 1.807) is 11.6 Å². The average molecular weight is 381 g/mol. The van der Waals surface area contributed by atoms with Crippen molar-refractivity contribution in [3.8, 4) is 0 Å². The topological polar surface area (TPSA) is 115 Å². The summed E-state index contributed by atoms with van der Waals surface area (Å²) in [5.41, 5.74) is -0.408. The maximum Gasteiger partial charge on any atom is 0.332 e. The molecule has 0 amide bonds. The summed E-state index contributed by atoms with van der Waals surface area (Å²) in [5, 5.41) is 19.2. The average Bonchev–Trinajstić information content (AvgIpc) is 2.95. The summed E-state index contributed by atoms with van der Waals surface area (Å²) in [6.45, 7) is 5.46. The zero-order valence-corrected chi connectivity index (χ0v) is 16.1. The first-order valence-electron chi connectivity index (χ1n) is 9.04. The molecule has 1 fully saturated rings. The predicted molar refractivity (Wildman–Crippen MR) is 98.6 cm³/mol. The molecular formula is C17H27N5O5. The number of hydrogen-bond acceptors (Lipinski definition) is 7. The van der Waals surface area contributed by atoms with Gasteiger partial charge in [-0.15, -0.1) is 0 Å². The second-order valence-corrected chi connectivity index (χ2v) is 7.30. The van der Waals surface area contributed by atoms with E-state index in [9.17, 15) is 19.8 Å². The molecule has 0 saturated carbocycles. The Hall–Kier alpha value is -2.01. The zero-order valence-electron chi connectivity index (χ0n) is 16.1. The molecule has 27 heavy (non-hydrogen) atoms. The van der Waals surface area contributed by atoms with E-state index in [1.807, 2.05) is 13.8 Å². The van der Waals surface area contributed by atoms with Crippen molar-refractivity contribution in [2.45, 2.75) is 45.2 Å². The molecule has 1 saturated heterocycles. The molecule has 10 heteroatoms. The molecule has 3 atom stereocenters. The number of aromatic nitrogens is 4. The number of morpholine rings is 1. The van der Waals surface area contributed by atoms with Gasteiger partial charge in [-0.05, 0) is 13.8 Å². The van der Waals surface area contributed by atoms with Gasteiger partial charge in [0.2, 0.25) is 0 Å². The number of aliphatic hydroxyl groups is 2. The van der Waals surface area contributed by atoms with E-state index in [-0.39, 0.29) is 29.9 Å². The van der Waals surface area contributed by atoms with Crippen LogP contribution in [0, 0.1) is 0 Å². The van der Waals surface area contributed by atoms with Crippen molar-refractivity contribution in [1.82, 2.24) is 23.6 Å². The van der Waals surface area contributed by atoms with Gasteiger partial charge in [-0.3, -0.25) is 18.8 Å². The number of fused-ring (bicyclic) bond motifs is 1. The predicted octanol–water partition coefficient (Wildman–Crippen LogP) is -1.60. The van der Waals surface area contributed by atoms with Crippen molar-refractivity contribution in [3.05, 3.63) is 26.7 Å². The van der Waals surface area contributed by atoms with Gasteiger partial charge in [-0.25, -0.2) is 9.78 Å². The van der Waals surface area contributed by atoms with E-state index in [2.05, 4.69) is 9.88 Å². The number of nitrogens with zero attached hydrogens (tertiary/aromatic N) is 5. The molecule has 0 aliphatic carbocycles. The van der Waals surface area contributed by atoms with Crippen molar-refractivity contribution >= 4 is 11.2 Å². The smallest absolute Gasteiger partial charge is 0.332 e. The van der Waals surface area contributed by atoms with Crippen LogP contribution in [0.4, 0.5) is 0 Å². The number of aliphatic hydroxyl groups excluding tert-OH is 2. The fourth-order valence-corrected chi connectivity index (χ4v) is 3.69. The van der Waals surface area contributed by atoms with Crippen LogP contribution in [0.1, 0.15) is 19.7 Å². The Kier molecular flexibility index (Phi) is 5.52. The van der Waals surface area contributed by atoms with Crippen LogP contribution in [-0.4, -0.2) is 71.8 Å². The van der Waals surface area contributed by atoms with Gasteiger partial charge in [0, 0.05) is 27.2 Å². The number of imidazole rings is 1. The summed E-state index contributed by atoms with van der Waals surface area (Å²) in [6, 6.07) is 0. The van der Waals surface area contributed by atoms with Crippen LogP contribution >= 0.6 is 0 Å². The van der Waals surface area contributed by atoms with E-state index < -0.39 is 24.0 Å². The first-order chi connectivity index (χ1) is 12.7. The molecule has 1 aliphatic rings. The van der Waals surface area contributed by atoms with Crippen molar-refractivity contribution < 1.29 is 14.9 Å². The van der Waals surface area contributed by atoms with E-state index in [0.717, 1.165) is 4.57 Å². The molecule has 2 N–H and O–H groups in total. The van der Waals surface area contributed by atoms with Crippen molar-refractivity contribution in [3.63, 3.8) is 0 Å². The lowest BCUT2D eigenvalue weighted by molar-refractivity contribution is -0.0713. The quantitative estimate of drug-likeness (QED) is 0.641. The third kappa shape index (κ3) is 3.70. The van der Waals surface area contributed by atoms with Crippen LogP contribution in [0.25, 0.3) is 11.2 Å². The second kappa shape index (κ2) is 7.55. The van der Waals surface area contributed by atoms with Crippen LogP contribution in [0.3, 0.4) is 0 Å². The Morgan fingerprint density at radius 1 is 1.19 bits per heavy atom. The lowest BCUT2D eigenvalue weighted by Gasteiger charge is -2.35. The monoisotopic (exact) mass is 381 g/mol. The van der Waals surface area contributed by atoms with E-state index in [0.29, 0.717) is 25.5 Å². The first-order valence-corrected chi connectivity index (χ1v) is 9.04. The molecular weight excluding hydrogens is 354 g/mol. The Morgan fingerprint density at radius 2 is 1.81 bits per heavy atom. The van der Waals surface area contributed by atoms with Crippen LogP contribution in [0.5, 0.6) is 0 Å². The van der Waals surface area contributed by atoms with Gasteiger partial charge in [0.1, 0.15) is 5.82 Å². The molecule has 0 unspecified atom stereocenters. The molecule has 150 valence electrons. The van der Waals surface area contributed by atoms with Gasteiger partial charge < -0.3 is 19.5 Å². The Morgan fingerprint density at radius 3 is 2.41 bits per heavy atom. The Labute approximate surface area is 156 Å². The fraction of sp³-hybridized carbons (Fsp3) is 0.706. The van der Waals surface area contributed by atoms with Crippen molar-refractivity contribution in [2.75, 3.05) is 19.7 Å². The summed E-state index contributed by atoms with van der Waals surface area (Å²) in [5.74, 6) is 0.567. The Bertz CT molecular complexity index is 936. The van der Waals surface area contributed by atoms with Gasteiger partial charge in [-0.1, -0.05) is 0 Å². The van der Waals surface area contributed by atoms with Crippen molar-refractivity contribution in [1.29, 1.82) is 0 Å². The number of hydrogen-bond donors (Lipinski definition) is 2. The van der Waals surface area contributed by atoms with Gasteiger partial charge in [0.15, 0.2) is 11.2 Å². The number of rotatable bonds is 5. The highest BCUT2D eigenvalue weighted by Crippen LogP contribution is 2.17. The van der Waals surface area contributed by atoms with E-state index >= 15 is 0 Å². The van der Waals surface area contributed by atoms with E-state index in [4.69, 9.17) is 4.74 Å². The largest absolute Gasteiger partial charge is 0.394 e. The summed E-state index contributed by atoms with van der Waals surface area (Å²) in [4.78, 5) is 31.7. The lowest BCUT2D eigenvalue weighted by Crippen LogP contribution is -2.45. The third-order valence-corrected chi connectivity index (χ3v) is 4.89. The molecule has 10 nitrogen and oxygen atoms in total. The van der Waals surface area contributed by atoms with Crippen LogP contribution < -0.4 is 11.2 Å². The zero-order chi connectivity index (χ0) is 19.9. The summed E-state index contributed by atoms with van der Waals surface area (Å²) in [7, 11) is 2.97. The Balaban J connectivity index is 2.12. The molecule has 2 aromatic rings. The molecule has 3 heterocycles. The molecule has 0 spiro atoms. The number of aryl methyl sites for hydroxylation is 1. The lowest BCUT2D eigenvalue weighted by atomic mass is 10.2. The SMILES string of the molecule is C[C@@H]1CN(Cc2nc3c(c(=O)n(C)c(=O)n3C)n2C[C@H](O)CO)C[C@H](C)O1. The highest BCUT2D eigenvalue weighted by molar-refractivity contribution is 5.71. The van der Waals surface area contributed by atoms with Crippen LogP contribution in [-0.2, 0) is 31.9 Å². The maximum atomic E-state index is 12.7. The molecule has 0 radical (unpaired) electrons.